The fourth-order valence-electron chi connectivity index (χ4n) is 1.90. The van der Waals surface area contributed by atoms with E-state index in [0.717, 1.165) is 23.7 Å². The Bertz CT molecular complexity index is 614. The first kappa shape index (κ1) is 14.9. The molecular formula is C15H22N2O2Si. The Morgan fingerprint density at radius 3 is 2.70 bits per heavy atom. The quantitative estimate of drug-likeness (QED) is 0.464. The number of nitrogens with zero attached hydrogens (tertiary/aromatic N) is 2. The first-order valence-electron chi connectivity index (χ1n) is 6.91. The van der Waals surface area contributed by atoms with Crippen LogP contribution in [-0.2, 0) is 11.5 Å². The molecule has 5 heteroatoms. The van der Waals surface area contributed by atoms with E-state index in [2.05, 4.69) is 24.6 Å². The zero-order valence-corrected chi connectivity index (χ0v) is 13.6. The fraction of sp³-hybridized carbons (Fsp3) is 0.467. The Balaban J connectivity index is 2.06. The summed E-state index contributed by atoms with van der Waals surface area (Å²) in [4.78, 5) is 15.8. The van der Waals surface area contributed by atoms with Gasteiger partial charge in [0.25, 0.3) is 0 Å². The smallest absolute Gasteiger partial charge is 0.178 e. The minimum Gasteiger partial charge on any atom is -0.361 e. The molecule has 2 heterocycles. The van der Waals surface area contributed by atoms with Gasteiger partial charge in [-0.1, -0.05) is 19.6 Å². The molecule has 0 spiro atoms. The third-order valence-electron chi connectivity index (χ3n) is 3.20. The monoisotopic (exact) mass is 290 g/mol. The maximum absolute atomic E-state index is 11.4. The zero-order valence-electron chi connectivity index (χ0n) is 12.6. The molecule has 0 radical (unpaired) electrons. The Morgan fingerprint density at radius 1 is 1.30 bits per heavy atom. The minimum absolute atomic E-state index is 0.0145. The van der Waals surface area contributed by atoms with Crippen molar-refractivity contribution < 1.29 is 9.53 Å². The Hall–Kier alpha value is -1.46. The summed E-state index contributed by atoms with van der Waals surface area (Å²) in [5.41, 5.74) is 1.31. The molecule has 0 aliphatic carbocycles. The molecule has 2 aromatic heterocycles. The van der Waals surface area contributed by atoms with Crippen LogP contribution < -0.4 is 0 Å². The van der Waals surface area contributed by atoms with Gasteiger partial charge in [0.1, 0.15) is 18.1 Å². The molecule has 0 N–H and O–H groups in total. The summed E-state index contributed by atoms with van der Waals surface area (Å²) in [7, 11) is -1.05. The number of Topliss-reactive ketones (excluding diaryl/α,β-unsaturated/α-hetero) is 1. The van der Waals surface area contributed by atoms with Crippen molar-refractivity contribution in [3.05, 3.63) is 30.1 Å². The highest BCUT2D eigenvalue weighted by Crippen LogP contribution is 2.15. The molecule has 0 saturated carbocycles. The minimum atomic E-state index is -1.05. The fourth-order valence-corrected chi connectivity index (χ4v) is 2.66. The van der Waals surface area contributed by atoms with Gasteiger partial charge in [-0.25, -0.2) is 4.98 Å². The highest BCUT2D eigenvalue weighted by molar-refractivity contribution is 6.76. The molecule has 0 fully saturated rings. The van der Waals surface area contributed by atoms with Crippen molar-refractivity contribution >= 4 is 24.9 Å². The lowest BCUT2D eigenvalue weighted by Gasteiger charge is -2.15. The molecule has 0 amide bonds. The number of pyridine rings is 1. The second-order valence-corrected chi connectivity index (χ2v) is 11.9. The number of ether oxygens (including phenoxy) is 1. The second kappa shape index (κ2) is 5.89. The number of carbonyl (C=O) groups excluding carboxylic acids is 1. The van der Waals surface area contributed by atoms with Crippen molar-refractivity contribution in [1.82, 2.24) is 9.55 Å². The Labute approximate surface area is 120 Å². The summed E-state index contributed by atoms with van der Waals surface area (Å²) in [6.45, 7) is 9.81. The van der Waals surface area contributed by atoms with Crippen LogP contribution in [0.2, 0.25) is 25.7 Å². The molecular weight excluding hydrogens is 268 g/mol. The van der Waals surface area contributed by atoms with Gasteiger partial charge in [-0.2, -0.15) is 0 Å². The molecule has 0 aromatic carbocycles. The van der Waals surface area contributed by atoms with Crippen LogP contribution in [0.15, 0.2) is 24.4 Å². The van der Waals surface area contributed by atoms with Crippen molar-refractivity contribution in [2.75, 3.05) is 6.61 Å². The normalized spacial score (nSPS) is 12.0. The van der Waals surface area contributed by atoms with Gasteiger partial charge in [0.05, 0.1) is 0 Å². The number of hydrogen-bond acceptors (Lipinski definition) is 3. The zero-order chi connectivity index (χ0) is 14.8. The van der Waals surface area contributed by atoms with Gasteiger partial charge < -0.3 is 9.30 Å². The van der Waals surface area contributed by atoms with Gasteiger partial charge in [-0.3, -0.25) is 4.79 Å². The second-order valence-electron chi connectivity index (χ2n) is 6.30. The van der Waals surface area contributed by atoms with E-state index in [1.165, 1.54) is 6.92 Å². The number of rotatable bonds is 6. The number of ketones is 1. The van der Waals surface area contributed by atoms with E-state index in [1.54, 1.807) is 6.07 Å². The third-order valence-corrected chi connectivity index (χ3v) is 4.90. The number of carbonyl (C=O) groups is 1. The lowest BCUT2D eigenvalue weighted by molar-refractivity contribution is 0.0897. The van der Waals surface area contributed by atoms with Crippen LogP contribution in [0.25, 0.3) is 11.0 Å². The van der Waals surface area contributed by atoms with E-state index in [1.807, 2.05) is 22.9 Å². The van der Waals surface area contributed by atoms with Gasteiger partial charge >= 0.3 is 0 Å². The highest BCUT2D eigenvalue weighted by atomic mass is 28.3. The summed E-state index contributed by atoms with van der Waals surface area (Å²) in [5.74, 6) is -0.0145. The molecule has 0 aliphatic heterocycles. The van der Waals surface area contributed by atoms with Crippen molar-refractivity contribution in [1.29, 1.82) is 0 Å². The van der Waals surface area contributed by atoms with Crippen molar-refractivity contribution in [2.45, 2.75) is 39.3 Å². The molecule has 108 valence electrons. The molecule has 20 heavy (non-hydrogen) atoms. The van der Waals surface area contributed by atoms with Crippen LogP contribution in [0.5, 0.6) is 0 Å². The van der Waals surface area contributed by atoms with E-state index in [0.29, 0.717) is 12.4 Å². The van der Waals surface area contributed by atoms with E-state index in [4.69, 9.17) is 4.74 Å². The van der Waals surface area contributed by atoms with Gasteiger partial charge in [0.15, 0.2) is 5.78 Å². The summed E-state index contributed by atoms with van der Waals surface area (Å²) >= 11 is 0. The van der Waals surface area contributed by atoms with Crippen LogP contribution >= 0.6 is 0 Å². The predicted octanol–water partition coefficient (Wildman–Crippen LogP) is 3.55. The summed E-state index contributed by atoms with van der Waals surface area (Å²) in [6.07, 6.45) is 1.95. The van der Waals surface area contributed by atoms with Gasteiger partial charge in [-0.05, 0) is 24.2 Å². The largest absolute Gasteiger partial charge is 0.361 e. The number of fused-ring (bicyclic) bond motifs is 1. The molecule has 2 rings (SSSR count). The Kier molecular flexibility index (Phi) is 4.40. The molecule has 2 aromatic rings. The van der Waals surface area contributed by atoms with Crippen LogP contribution in [0, 0.1) is 0 Å². The lowest BCUT2D eigenvalue weighted by atomic mass is 10.2. The standard InChI is InChI=1S/C15H22N2O2Si/c1-12(18)14-6-5-13-7-8-17(15(13)16-14)11-19-9-10-20(2,3)4/h5-8H,9-11H2,1-4H3. The van der Waals surface area contributed by atoms with Crippen LogP contribution in [0.4, 0.5) is 0 Å². The topological polar surface area (TPSA) is 44.1 Å². The Morgan fingerprint density at radius 2 is 2.05 bits per heavy atom. The van der Waals surface area contributed by atoms with E-state index in [9.17, 15) is 4.79 Å². The first-order valence-corrected chi connectivity index (χ1v) is 10.6. The van der Waals surface area contributed by atoms with Crippen molar-refractivity contribution in [3.63, 3.8) is 0 Å². The molecule has 4 nitrogen and oxygen atoms in total. The van der Waals surface area contributed by atoms with Gasteiger partial charge in [-0.15, -0.1) is 0 Å². The van der Waals surface area contributed by atoms with E-state index >= 15 is 0 Å². The summed E-state index contributed by atoms with van der Waals surface area (Å²) in [6, 6.07) is 6.84. The molecule has 0 atom stereocenters. The molecule has 0 unspecified atom stereocenters. The van der Waals surface area contributed by atoms with Crippen LogP contribution in [-0.4, -0.2) is 30.0 Å². The third kappa shape index (κ3) is 3.77. The predicted molar refractivity (Wildman–Crippen MR) is 83.8 cm³/mol. The summed E-state index contributed by atoms with van der Waals surface area (Å²) < 4.78 is 7.69. The maximum atomic E-state index is 11.4. The number of hydrogen-bond donors (Lipinski definition) is 0. The van der Waals surface area contributed by atoms with Gasteiger partial charge in [0.2, 0.25) is 0 Å². The van der Waals surface area contributed by atoms with Gasteiger partial charge in [0, 0.05) is 33.2 Å². The maximum Gasteiger partial charge on any atom is 0.178 e. The van der Waals surface area contributed by atoms with Crippen LogP contribution in [0.3, 0.4) is 0 Å². The van der Waals surface area contributed by atoms with E-state index < -0.39 is 8.07 Å². The lowest BCUT2D eigenvalue weighted by Crippen LogP contribution is -2.22. The average molecular weight is 290 g/mol. The number of aromatic nitrogens is 2. The molecule has 0 saturated heterocycles. The molecule has 0 bridgehead atoms. The first-order chi connectivity index (χ1) is 9.37. The summed E-state index contributed by atoms with van der Waals surface area (Å²) in [5, 5.41) is 1.03. The van der Waals surface area contributed by atoms with Crippen molar-refractivity contribution in [2.24, 2.45) is 0 Å². The highest BCUT2D eigenvalue weighted by Gasteiger charge is 2.12. The molecule has 0 aliphatic rings. The van der Waals surface area contributed by atoms with Crippen molar-refractivity contribution in [3.8, 4) is 0 Å². The van der Waals surface area contributed by atoms with E-state index in [-0.39, 0.29) is 5.78 Å². The average Bonchev–Trinajstić information content (AvgIpc) is 2.76. The SMILES string of the molecule is CC(=O)c1ccc2ccn(COCC[Si](C)(C)C)c2n1. The van der Waals surface area contributed by atoms with Crippen LogP contribution in [0.1, 0.15) is 17.4 Å².